The van der Waals surface area contributed by atoms with E-state index in [0.717, 1.165) is 13.0 Å². The van der Waals surface area contributed by atoms with Crippen molar-refractivity contribution < 1.29 is 4.84 Å². The quantitative estimate of drug-likeness (QED) is 0.766. The number of hydrogen-bond acceptors (Lipinski definition) is 2. The van der Waals surface area contributed by atoms with Crippen LogP contribution in [-0.4, -0.2) is 5.60 Å². The molecule has 15 heavy (non-hydrogen) atoms. The van der Waals surface area contributed by atoms with Gasteiger partial charge in [-0.1, -0.05) is 31.2 Å². The van der Waals surface area contributed by atoms with Gasteiger partial charge >= 0.3 is 0 Å². The van der Waals surface area contributed by atoms with E-state index < -0.39 is 0 Å². The maximum absolute atomic E-state index is 5.44. The molecule has 0 aromatic heterocycles. The van der Waals surface area contributed by atoms with E-state index in [9.17, 15) is 0 Å². The molecule has 2 nitrogen and oxygen atoms in total. The maximum atomic E-state index is 5.44. The topological polar surface area (TPSA) is 21.3 Å². The highest BCUT2D eigenvalue weighted by Gasteiger charge is 2.09. The predicted molar refractivity (Wildman–Crippen MR) is 63.5 cm³/mol. The Morgan fingerprint density at radius 3 is 2.07 bits per heavy atom. The average molecular weight is 207 g/mol. The number of benzene rings is 1. The molecule has 0 heterocycles. The van der Waals surface area contributed by atoms with Crippen LogP contribution in [0.2, 0.25) is 0 Å². The molecule has 0 saturated carbocycles. The maximum Gasteiger partial charge on any atom is 0.0813 e. The second kappa shape index (κ2) is 5.29. The van der Waals surface area contributed by atoms with Gasteiger partial charge in [-0.25, -0.2) is 0 Å². The Morgan fingerprint density at radius 1 is 1.07 bits per heavy atom. The summed E-state index contributed by atoms with van der Waals surface area (Å²) in [5.74, 6) is 0. The Morgan fingerprint density at radius 2 is 1.60 bits per heavy atom. The van der Waals surface area contributed by atoms with Crippen molar-refractivity contribution in [3.63, 3.8) is 0 Å². The summed E-state index contributed by atoms with van der Waals surface area (Å²) >= 11 is 0. The Labute approximate surface area is 92.6 Å². The van der Waals surface area contributed by atoms with Gasteiger partial charge in [0, 0.05) is 6.54 Å². The summed E-state index contributed by atoms with van der Waals surface area (Å²) in [5.41, 5.74) is 5.46. The molecule has 0 fully saturated rings. The zero-order valence-corrected chi connectivity index (χ0v) is 10.1. The standard InChI is InChI=1S/C13H21NO/c1-5-11-6-8-12(9-7-11)10-14-15-13(2,3)4/h6-9,14H,5,10H2,1-4H3. The van der Waals surface area contributed by atoms with Gasteiger partial charge in [-0.2, -0.15) is 5.48 Å². The summed E-state index contributed by atoms with van der Waals surface area (Å²) in [6, 6.07) is 8.60. The molecular weight excluding hydrogens is 186 g/mol. The van der Waals surface area contributed by atoms with Crippen LogP contribution in [0.4, 0.5) is 0 Å². The minimum atomic E-state index is -0.136. The van der Waals surface area contributed by atoms with Crippen LogP contribution in [0.15, 0.2) is 24.3 Å². The highest BCUT2D eigenvalue weighted by atomic mass is 16.7. The van der Waals surface area contributed by atoms with Crippen LogP contribution in [0.5, 0.6) is 0 Å². The Kier molecular flexibility index (Phi) is 4.30. The van der Waals surface area contributed by atoms with Crippen molar-refractivity contribution in [2.24, 2.45) is 0 Å². The molecule has 2 heteroatoms. The summed E-state index contributed by atoms with van der Waals surface area (Å²) in [7, 11) is 0. The molecule has 0 unspecified atom stereocenters. The molecule has 0 aliphatic rings. The molecule has 0 bridgehead atoms. The number of hydrogen-bond donors (Lipinski definition) is 1. The van der Waals surface area contributed by atoms with Gasteiger partial charge in [0.25, 0.3) is 0 Å². The van der Waals surface area contributed by atoms with Crippen LogP contribution in [0, 0.1) is 0 Å². The lowest BCUT2D eigenvalue weighted by Crippen LogP contribution is -2.28. The molecule has 84 valence electrons. The van der Waals surface area contributed by atoms with E-state index in [0.29, 0.717) is 0 Å². The van der Waals surface area contributed by atoms with Crippen LogP contribution in [0.3, 0.4) is 0 Å². The lowest BCUT2D eigenvalue weighted by Gasteiger charge is -2.19. The SMILES string of the molecule is CCc1ccc(CNOC(C)(C)C)cc1. The molecule has 0 spiro atoms. The predicted octanol–water partition coefficient (Wildman–Crippen LogP) is 3.07. The van der Waals surface area contributed by atoms with Crippen molar-refractivity contribution in [1.82, 2.24) is 5.48 Å². The van der Waals surface area contributed by atoms with E-state index in [4.69, 9.17) is 4.84 Å². The van der Waals surface area contributed by atoms with Gasteiger partial charge in [-0.3, -0.25) is 4.84 Å². The normalized spacial score (nSPS) is 11.7. The number of nitrogens with one attached hydrogen (secondary N) is 1. The third kappa shape index (κ3) is 4.96. The fourth-order valence-corrected chi connectivity index (χ4v) is 1.23. The zero-order valence-electron chi connectivity index (χ0n) is 10.1. The molecule has 0 saturated heterocycles. The second-order valence-corrected chi connectivity index (χ2v) is 4.71. The van der Waals surface area contributed by atoms with Crippen LogP contribution in [0.25, 0.3) is 0 Å². The van der Waals surface area contributed by atoms with Gasteiger partial charge in [0.2, 0.25) is 0 Å². The number of aryl methyl sites for hydroxylation is 1. The van der Waals surface area contributed by atoms with Crippen LogP contribution >= 0.6 is 0 Å². The van der Waals surface area contributed by atoms with Crippen LogP contribution in [0.1, 0.15) is 38.8 Å². The second-order valence-electron chi connectivity index (χ2n) is 4.71. The van der Waals surface area contributed by atoms with Gasteiger partial charge in [0.05, 0.1) is 5.60 Å². The summed E-state index contributed by atoms with van der Waals surface area (Å²) in [4.78, 5) is 5.44. The first-order chi connectivity index (χ1) is 7.01. The zero-order chi connectivity index (χ0) is 11.3. The van der Waals surface area contributed by atoms with Crippen molar-refractivity contribution in [1.29, 1.82) is 0 Å². The first kappa shape index (κ1) is 12.2. The minimum Gasteiger partial charge on any atom is -0.296 e. The van der Waals surface area contributed by atoms with E-state index in [1.165, 1.54) is 11.1 Å². The molecule has 1 aromatic rings. The van der Waals surface area contributed by atoms with Crippen LogP contribution < -0.4 is 5.48 Å². The summed E-state index contributed by atoms with van der Waals surface area (Å²) in [6.07, 6.45) is 1.09. The first-order valence-electron chi connectivity index (χ1n) is 5.50. The first-order valence-corrected chi connectivity index (χ1v) is 5.50. The third-order valence-corrected chi connectivity index (χ3v) is 2.09. The largest absolute Gasteiger partial charge is 0.296 e. The van der Waals surface area contributed by atoms with E-state index in [-0.39, 0.29) is 5.60 Å². The van der Waals surface area contributed by atoms with Crippen molar-refractivity contribution in [2.45, 2.75) is 46.3 Å². The fraction of sp³-hybridized carbons (Fsp3) is 0.538. The molecule has 0 aliphatic carbocycles. The van der Waals surface area contributed by atoms with Gasteiger partial charge < -0.3 is 0 Å². The number of hydroxylamine groups is 1. The molecule has 0 radical (unpaired) electrons. The van der Waals surface area contributed by atoms with Crippen LogP contribution in [-0.2, 0) is 17.8 Å². The molecule has 1 rings (SSSR count). The average Bonchev–Trinajstić information content (AvgIpc) is 2.17. The molecular formula is C13H21NO. The lowest BCUT2D eigenvalue weighted by molar-refractivity contribution is -0.0757. The molecule has 0 aliphatic heterocycles. The van der Waals surface area contributed by atoms with E-state index >= 15 is 0 Å². The fourth-order valence-electron chi connectivity index (χ4n) is 1.23. The van der Waals surface area contributed by atoms with Gasteiger partial charge in [0.1, 0.15) is 0 Å². The summed E-state index contributed by atoms with van der Waals surface area (Å²) < 4.78 is 0. The van der Waals surface area contributed by atoms with Gasteiger partial charge in [-0.05, 0) is 38.3 Å². The lowest BCUT2D eigenvalue weighted by atomic mass is 10.1. The van der Waals surface area contributed by atoms with Crippen molar-refractivity contribution >= 4 is 0 Å². The van der Waals surface area contributed by atoms with E-state index in [1.807, 2.05) is 20.8 Å². The summed E-state index contributed by atoms with van der Waals surface area (Å²) in [6.45, 7) is 9.00. The smallest absolute Gasteiger partial charge is 0.0813 e. The Bertz CT molecular complexity index is 284. The minimum absolute atomic E-state index is 0.136. The monoisotopic (exact) mass is 207 g/mol. The van der Waals surface area contributed by atoms with Gasteiger partial charge in [0.15, 0.2) is 0 Å². The molecule has 1 N–H and O–H groups in total. The number of rotatable bonds is 4. The molecule has 1 aromatic carbocycles. The molecule has 0 atom stereocenters. The van der Waals surface area contributed by atoms with E-state index in [2.05, 4.69) is 36.7 Å². The van der Waals surface area contributed by atoms with E-state index in [1.54, 1.807) is 0 Å². The Hall–Kier alpha value is -0.860. The van der Waals surface area contributed by atoms with Crippen molar-refractivity contribution in [3.05, 3.63) is 35.4 Å². The van der Waals surface area contributed by atoms with Crippen molar-refractivity contribution in [2.75, 3.05) is 0 Å². The third-order valence-electron chi connectivity index (χ3n) is 2.09. The van der Waals surface area contributed by atoms with Crippen molar-refractivity contribution in [3.8, 4) is 0 Å². The Balaban J connectivity index is 2.38. The highest BCUT2D eigenvalue weighted by molar-refractivity contribution is 5.22. The van der Waals surface area contributed by atoms with Gasteiger partial charge in [-0.15, -0.1) is 0 Å². The summed E-state index contributed by atoms with van der Waals surface area (Å²) in [5, 5.41) is 0. The highest BCUT2D eigenvalue weighted by Crippen LogP contribution is 2.07. The molecule has 0 amide bonds.